The molecule has 0 fully saturated rings. The maximum Gasteiger partial charge on any atom is 0.306 e. The molecule has 0 amide bonds. The fourth-order valence-corrected chi connectivity index (χ4v) is 1.34. The fraction of sp³-hybridized carbons (Fsp3) is 0.200. The van der Waals surface area contributed by atoms with Gasteiger partial charge in [-0.1, -0.05) is 6.07 Å². The highest BCUT2D eigenvalue weighted by atomic mass is 16.4. The molecule has 2 aromatic rings. The number of aromatic nitrogens is 4. The molecule has 0 saturated heterocycles. The van der Waals surface area contributed by atoms with Gasteiger partial charge in [0, 0.05) is 6.20 Å². The van der Waals surface area contributed by atoms with Gasteiger partial charge in [-0.3, -0.25) is 4.79 Å². The average molecular weight is 234 g/mol. The number of hydrogen-bond acceptors (Lipinski definition) is 5. The van der Waals surface area contributed by atoms with Crippen LogP contribution in [0.4, 0.5) is 0 Å². The normalized spacial score (nSPS) is 12.3. The van der Waals surface area contributed by atoms with Gasteiger partial charge in [0.15, 0.2) is 5.82 Å². The second-order valence-corrected chi connectivity index (χ2v) is 3.40. The van der Waals surface area contributed by atoms with E-state index < -0.39 is 12.1 Å². The molecule has 0 aliphatic rings. The van der Waals surface area contributed by atoms with Crippen LogP contribution in [-0.2, 0) is 4.79 Å². The Labute approximate surface area is 96.4 Å². The molecule has 0 aromatic carbocycles. The van der Waals surface area contributed by atoms with Crippen molar-refractivity contribution in [2.75, 3.05) is 0 Å². The van der Waals surface area contributed by atoms with E-state index in [-0.39, 0.29) is 6.42 Å². The van der Waals surface area contributed by atoms with E-state index in [1.807, 2.05) is 0 Å². The molecule has 2 heterocycles. The summed E-state index contributed by atoms with van der Waals surface area (Å²) in [5.41, 5.74) is 0.455. The zero-order valence-corrected chi connectivity index (χ0v) is 8.76. The lowest BCUT2D eigenvalue weighted by Gasteiger charge is -2.08. The van der Waals surface area contributed by atoms with Crippen LogP contribution in [0.1, 0.15) is 18.1 Å². The first-order chi connectivity index (χ1) is 8.16. The van der Waals surface area contributed by atoms with E-state index in [4.69, 9.17) is 5.11 Å². The fourth-order valence-electron chi connectivity index (χ4n) is 1.34. The molecule has 0 bridgehead atoms. The van der Waals surface area contributed by atoms with Crippen LogP contribution in [0, 0.1) is 0 Å². The Morgan fingerprint density at radius 2 is 2.29 bits per heavy atom. The lowest BCUT2D eigenvalue weighted by atomic mass is 10.1. The number of hydrogen-bond donors (Lipinski definition) is 2. The van der Waals surface area contributed by atoms with Crippen molar-refractivity contribution in [3.05, 3.63) is 36.5 Å². The van der Waals surface area contributed by atoms with E-state index in [1.165, 1.54) is 23.5 Å². The Morgan fingerprint density at radius 3 is 2.82 bits per heavy atom. The van der Waals surface area contributed by atoms with E-state index in [2.05, 4.69) is 15.1 Å². The van der Waals surface area contributed by atoms with Crippen molar-refractivity contribution in [2.45, 2.75) is 12.5 Å². The van der Waals surface area contributed by atoms with Gasteiger partial charge in [-0.25, -0.2) is 14.6 Å². The second-order valence-electron chi connectivity index (χ2n) is 3.40. The quantitative estimate of drug-likeness (QED) is 0.782. The molecule has 7 nitrogen and oxygen atoms in total. The highest BCUT2D eigenvalue weighted by molar-refractivity contribution is 5.67. The molecule has 0 aliphatic heterocycles. The number of carboxylic acids is 1. The molecule has 0 aliphatic carbocycles. The minimum absolute atomic E-state index is 0.343. The Kier molecular flexibility index (Phi) is 3.10. The predicted octanol–water partition coefficient (Wildman–Crippen LogP) is 0.170. The standard InChI is InChI=1S/C10H10N4O3/c15-8(3-10(16)17)7-1-2-9(12-4-7)14-6-11-5-13-14/h1-2,4-6,8,15H,3H2,(H,16,17)/t8-/m0/s1. The monoisotopic (exact) mass is 234 g/mol. The summed E-state index contributed by atoms with van der Waals surface area (Å²) >= 11 is 0. The maximum atomic E-state index is 10.4. The van der Waals surface area contributed by atoms with Gasteiger partial charge in [-0.05, 0) is 11.6 Å². The first kappa shape index (κ1) is 11.2. The van der Waals surface area contributed by atoms with Crippen molar-refractivity contribution >= 4 is 5.97 Å². The number of carboxylic acid groups (broad SMARTS) is 1. The molecule has 0 spiro atoms. The molecule has 2 rings (SSSR count). The van der Waals surface area contributed by atoms with Crippen molar-refractivity contribution in [2.24, 2.45) is 0 Å². The number of carbonyl (C=O) groups is 1. The smallest absolute Gasteiger partial charge is 0.306 e. The lowest BCUT2D eigenvalue weighted by Crippen LogP contribution is -2.06. The SMILES string of the molecule is O=C(O)C[C@H](O)c1ccc(-n2cncn2)nc1. The molecule has 0 saturated carbocycles. The van der Waals surface area contributed by atoms with Gasteiger partial charge in [0.05, 0.1) is 12.5 Å². The van der Waals surface area contributed by atoms with Crippen LogP contribution in [-0.4, -0.2) is 35.9 Å². The zero-order chi connectivity index (χ0) is 12.3. The van der Waals surface area contributed by atoms with Crippen LogP contribution in [0.15, 0.2) is 31.0 Å². The third kappa shape index (κ3) is 2.64. The average Bonchev–Trinajstić information content (AvgIpc) is 2.82. The summed E-state index contributed by atoms with van der Waals surface area (Å²) in [7, 11) is 0. The molecule has 88 valence electrons. The Hall–Kier alpha value is -2.28. The first-order valence-electron chi connectivity index (χ1n) is 4.87. The van der Waals surface area contributed by atoms with E-state index >= 15 is 0 Å². The van der Waals surface area contributed by atoms with Crippen molar-refractivity contribution in [1.82, 2.24) is 19.7 Å². The van der Waals surface area contributed by atoms with Gasteiger partial charge in [0.1, 0.15) is 12.7 Å². The summed E-state index contributed by atoms with van der Waals surface area (Å²) in [5.74, 6) is -0.508. The zero-order valence-electron chi connectivity index (χ0n) is 8.76. The Morgan fingerprint density at radius 1 is 1.47 bits per heavy atom. The van der Waals surface area contributed by atoms with Crippen molar-refractivity contribution in [3.8, 4) is 5.82 Å². The van der Waals surface area contributed by atoms with Gasteiger partial charge < -0.3 is 10.2 Å². The number of aliphatic hydroxyl groups is 1. The summed E-state index contributed by atoms with van der Waals surface area (Å²) in [6.07, 6.45) is 2.91. The molecule has 2 aromatic heterocycles. The highest BCUT2D eigenvalue weighted by Crippen LogP contribution is 2.16. The maximum absolute atomic E-state index is 10.4. The van der Waals surface area contributed by atoms with Crippen LogP contribution < -0.4 is 0 Å². The summed E-state index contributed by atoms with van der Waals surface area (Å²) < 4.78 is 1.47. The second kappa shape index (κ2) is 4.71. The molecular weight excluding hydrogens is 224 g/mol. The largest absolute Gasteiger partial charge is 0.481 e. The van der Waals surface area contributed by atoms with Crippen molar-refractivity contribution < 1.29 is 15.0 Å². The topological polar surface area (TPSA) is 101 Å². The predicted molar refractivity (Wildman–Crippen MR) is 56.4 cm³/mol. The summed E-state index contributed by atoms with van der Waals surface area (Å²) in [4.78, 5) is 18.3. The molecule has 0 unspecified atom stereocenters. The van der Waals surface area contributed by atoms with Gasteiger partial charge in [-0.2, -0.15) is 5.10 Å². The Bertz CT molecular complexity index is 495. The van der Waals surface area contributed by atoms with Crippen LogP contribution in [0.2, 0.25) is 0 Å². The minimum Gasteiger partial charge on any atom is -0.481 e. The number of rotatable bonds is 4. The molecule has 1 atom stereocenters. The number of nitrogens with zero attached hydrogens (tertiary/aromatic N) is 4. The van der Waals surface area contributed by atoms with Crippen molar-refractivity contribution in [3.63, 3.8) is 0 Å². The molecule has 17 heavy (non-hydrogen) atoms. The van der Waals surface area contributed by atoms with Crippen LogP contribution in [0.5, 0.6) is 0 Å². The van der Waals surface area contributed by atoms with Gasteiger partial charge in [-0.15, -0.1) is 0 Å². The van der Waals surface area contributed by atoms with Gasteiger partial charge in [0.2, 0.25) is 0 Å². The molecule has 7 heteroatoms. The molecule has 0 radical (unpaired) electrons. The third-order valence-electron chi connectivity index (χ3n) is 2.18. The first-order valence-corrected chi connectivity index (χ1v) is 4.87. The Balaban J connectivity index is 2.15. The highest BCUT2D eigenvalue weighted by Gasteiger charge is 2.12. The number of aliphatic carboxylic acids is 1. The van der Waals surface area contributed by atoms with Gasteiger partial charge in [0.25, 0.3) is 0 Å². The third-order valence-corrected chi connectivity index (χ3v) is 2.18. The molecule has 2 N–H and O–H groups in total. The van der Waals surface area contributed by atoms with Crippen molar-refractivity contribution in [1.29, 1.82) is 0 Å². The van der Waals surface area contributed by atoms with E-state index in [0.717, 1.165) is 0 Å². The van der Waals surface area contributed by atoms with Crippen LogP contribution in [0.25, 0.3) is 5.82 Å². The van der Waals surface area contributed by atoms with E-state index in [0.29, 0.717) is 11.4 Å². The van der Waals surface area contributed by atoms with E-state index in [1.54, 1.807) is 12.1 Å². The summed E-state index contributed by atoms with van der Waals surface area (Å²) in [6.45, 7) is 0. The van der Waals surface area contributed by atoms with Crippen LogP contribution in [0.3, 0.4) is 0 Å². The number of pyridine rings is 1. The van der Waals surface area contributed by atoms with E-state index in [9.17, 15) is 9.90 Å². The van der Waals surface area contributed by atoms with Gasteiger partial charge >= 0.3 is 5.97 Å². The van der Waals surface area contributed by atoms with Crippen LogP contribution >= 0.6 is 0 Å². The minimum atomic E-state index is -1.06. The molecular formula is C10H10N4O3. The lowest BCUT2D eigenvalue weighted by molar-refractivity contribution is -0.139. The number of aliphatic hydroxyl groups excluding tert-OH is 1. The summed E-state index contributed by atoms with van der Waals surface area (Å²) in [6, 6.07) is 3.24. The summed E-state index contributed by atoms with van der Waals surface area (Å²) in [5, 5.41) is 22.0.